The lowest BCUT2D eigenvalue weighted by Gasteiger charge is -2.23. The van der Waals surface area contributed by atoms with Crippen LogP contribution >= 0.6 is 34.7 Å². The zero-order chi connectivity index (χ0) is 21.2. The van der Waals surface area contributed by atoms with Crippen LogP contribution in [0.5, 0.6) is 0 Å². The van der Waals surface area contributed by atoms with Crippen LogP contribution in [0.15, 0.2) is 99.7 Å². The molecule has 5 rings (SSSR count). The summed E-state index contributed by atoms with van der Waals surface area (Å²) in [7, 11) is 2.11. The van der Waals surface area contributed by atoms with Gasteiger partial charge in [-0.3, -0.25) is 4.98 Å². The van der Waals surface area contributed by atoms with Crippen LogP contribution in [0.4, 0.5) is 0 Å². The molecule has 1 atom stereocenters. The molecule has 0 bridgehead atoms. The monoisotopic (exact) mass is 461 g/mol. The Hall–Kier alpha value is -2.73. The van der Waals surface area contributed by atoms with E-state index in [1.807, 2.05) is 30.5 Å². The van der Waals surface area contributed by atoms with Crippen molar-refractivity contribution in [1.82, 2.24) is 15.2 Å². The Morgan fingerprint density at radius 3 is 2.39 bits per heavy atom. The summed E-state index contributed by atoms with van der Waals surface area (Å²) in [6.07, 6.45) is 1.81. The van der Waals surface area contributed by atoms with Crippen LogP contribution in [-0.4, -0.2) is 16.9 Å². The highest BCUT2D eigenvalue weighted by atomic mass is 35.5. The molecular weight excluding hydrogens is 442 g/mol. The van der Waals surface area contributed by atoms with E-state index in [1.165, 1.54) is 11.1 Å². The first-order valence-corrected chi connectivity index (χ1v) is 12.0. The normalized spacial score (nSPS) is 15.9. The van der Waals surface area contributed by atoms with E-state index in [1.54, 1.807) is 23.1 Å². The second-order valence-corrected chi connectivity index (χ2v) is 9.52. The quantitative estimate of drug-likeness (QED) is 0.342. The third kappa shape index (κ3) is 4.22. The third-order valence-electron chi connectivity index (χ3n) is 5.23. The smallest absolute Gasteiger partial charge is 0.143 e. The molecule has 0 saturated heterocycles. The van der Waals surface area contributed by atoms with E-state index in [9.17, 15) is 0 Å². The average Bonchev–Trinajstić information content (AvgIpc) is 3.45. The Kier molecular flexibility index (Phi) is 5.72. The van der Waals surface area contributed by atoms with Crippen LogP contribution in [0.2, 0.25) is 5.02 Å². The number of hydrogen-bond donors (Lipinski definition) is 1. The maximum Gasteiger partial charge on any atom is 0.143 e. The SMILES string of the molecule is CN1C(Sc2ccc(Cl)cc2)=C(c2ccc(-c3ccsc3)cc2)NC1c1ccccn1. The maximum atomic E-state index is 6.09. The molecule has 4 aromatic rings. The minimum absolute atomic E-state index is 0.0254. The van der Waals surface area contributed by atoms with Crippen molar-refractivity contribution in [2.24, 2.45) is 0 Å². The molecule has 1 unspecified atom stereocenters. The standard InChI is InChI=1S/C25H20ClN3S2/c1-29-24(22-4-2-3-14-27-22)28-23(25(29)31-21-11-9-20(26)10-12-21)18-7-5-17(6-8-18)19-13-15-30-16-19/h2-16,24,28H,1H3. The van der Waals surface area contributed by atoms with Gasteiger partial charge in [0.2, 0.25) is 0 Å². The number of halogens is 1. The van der Waals surface area contributed by atoms with Crippen LogP contribution in [0.3, 0.4) is 0 Å². The lowest BCUT2D eigenvalue weighted by Crippen LogP contribution is -2.26. The van der Waals surface area contributed by atoms with Gasteiger partial charge in [0.15, 0.2) is 0 Å². The van der Waals surface area contributed by atoms with Gasteiger partial charge in [-0.05, 0) is 64.4 Å². The number of thiophene rings is 1. The molecule has 31 heavy (non-hydrogen) atoms. The molecule has 2 aromatic carbocycles. The number of thioether (sulfide) groups is 1. The van der Waals surface area contributed by atoms with Gasteiger partial charge in [-0.1, -0.05) is 53.7 Å². The molecule has 1 aliphatic rings. The van der Waals surface area contributed by atoms with Crippen molar-refractivity contribution in [2.45, 2.75) is 11.1 Å². The largest absolute Gasteiger partial charge is 0.358 e. The molecule has 0 amide bonds. The summed E-state index contributed by atoms with van der Waals surface area (Å²) < 4.78 is 0. The minimum atomic E-state index is -0.0254. The number of rotatable bonds is 5. The zero-order valence-electron chi connectivity index (χ0n) is 16.8. The molecule has 0 radical (unpaired) electrons. The Morgan fingerprint density at radius 2 is 1.71 bits per heavy atom. The molecule has 154 valence electrons. The molecule has 3 nitrogen and oxygen atoms in total. The number of nitrogens with one attached hydrogen (secondary N) is 1. The molecule has 0 aliphatic carbocycles. The topological polar surface area (TPSA) is 28.2 Å². The average molecular weight is 462 g/mol. The summed E-state index contributed by atoms with van der Waals surface area (Å²) in [5, 5.41) is 9.89. The van der Waals surface area contributed by atoms with E-state index in [2.05, 4.69) is 81.5 Å². The van der Waals surface area contributed by atoms with Gasteiger partial charge in [-0.15, -0.1) is 0 Å². The number of hydrogen-bond acceptors (Lipinski definition) is 5. The summed E-state index contributed by atoms with van der Waals surface area (Å²) in [6.45, 7) is 0. The highest BCUT2D eigenvalue weighted by Crippen LogP contribution is 2.42. The van der Waals surface area contributed by atoms with E-state index in [0.717, 1.165) is 31.9 Å². The molecule has 0 fully saturated rings. The second-order valence-electron chi connectivity index (χ2n) is 7.24. The Balaban J connectivity index is 1.52. The minimum Gasteiger partial charge on any atom is -0.358 e. The summed E-state index contributed by atoms with van der Waals surface area (Å²) in [5.41, 5.74) is 5.73. The summed E-state index contributed by atoms with van der Waals surface area (Å²) in [5.74, 6) is 0. The van der Waals surface area contributed by atoms with Gasteiger partial charge in [0.25, 0.3) is 0 Å². The van der Waals surface area contributed by atoms with E-state index in [-0.39, 0.29) is 6.17 Å². The van der Waals surface area contributed by atoms with Gasteiger partial charge < -0.3 is 10.2 Å². The Bertz CT molecular complexity index is 1190. The van der Waals surface area contributed by atoms with E-state index in [4.69, 9.17) is 11.6 Å². The lowest BCUT2D eigenvalue weighted by atomic mass is 10.1. The van der Waals surface area contributed by atoms with Crippen LogP contribution in [0.25, 0.3) is 16.8 Å². The maximum absolute atomic E-state index is 6.09. The predicted molar refractivity (Wildman–Crippen MR) is 132 cm³/mol. The first-order chi connectivity index (χ1) is 15.2. The van der Waals surface area contributed by atoms with Crippen molar-refractivity contribution >= 4 is 40.4 Å². The number of aromatic nitrogens is 1. The van der Waals surface area contributed by atoms with Crippen LogP contribution in [0.1, 0.15) is 17.4 Å². The van der Waals surface area contributed by atoms with Crippen LogP contribution < -0.4 is 5.32 Å². The Labute approximate surface area is 195 Å². The van der Waals surface area contributed by atoms with Gasteiger partial charge in [-0.2, -0.15) is 11.3 Å². The van der Waals surface area contributed by atoms with Gasteiger partial charge in [0.1, 0.15) is 11.2 Å². The zero-order valence-corrected chi connectivity index (χ0v) is 19.2. The van der Waals surface area contributed by atoms with Gasteiger partial charge in [-0.25, -0.2) is 0 Å². The second kappa shape index (κ2) is 8.79. The molecule has 1 aliphatic heterocycles. The van der Waals surface area contributed by atoms with E-state index in [0.29, 0.717) is 0 Å². The van der Waals surface area contributed by atoms with Crippen molar-refractivity contribution in [1.29, 1.82) is 0 Å². The third-order valence-corrected chi connectivity index (χ3v) is 7.36. The molecule has 3 heterocycles. The highest BCUT2D eigenvalue weighted by molar-refractivity contribution is 8.03. The van der Waals surface area contributed by atoms with E-state index < -0.39 is 0 Å². The van der Waals surface area contributed by atoms with Gasteiger partial charge >= 0.3 is 0 Å². The summed E-state index contributed by atoms with van der Waals surface area (Å²) in [4.78, 5) is 7.98. The number of pyridine rings is 1. The van der Waals surface area contributed by atoms with Crippen molar-refractivity contribution in [3.05, 3.63) is 111 Å². The van der Waals surface area contributed by atoms with Crippen LogP contribution in [0, 0.1) is 0 Å². The van der Waals surface area contributed by atoms with Crippen LogP contribution in [-0.2, 0) is 0 Å². The number of benzene rings is 2. The van der Waals surface area contributed by atoms with Crippen molar-refractivity contribution < 1.29 is 0 Å². The van der Waals surface area contributed by atoms with Gasteiger partial charge in [0, 0.05) is 28.7 Å². The highest BCUT2D eigenvalue weighted by Gasteiger charge is 2.31. The first-order valence-electron chi connectivity index (χ1n) is 9.90. The molecule has 0 spiro atoms. The summed E-state index contributed by atoms with van der Waals surface area (Å²) >= 11 is 9.54. The van der Waals surface area contributed by atoms with Crippen molar-refractivity contribution in [3.8, 4) is 11.1 Å². The first kappa shape index (κ1) is 20.2. The molecule has 1 N–H and O–H groups in total. The lowest BCUT2D eigenvalue weighted by molar-refractivity contribution is 0.328. The van der Waals surface area contributed by atoms with Crippen molar-refractivity contribution in [2.75, 3.05) is 7.05 Å². The van der Waals surface area contributed by atoms with Gasteiger partial charge in [0.05, 0.1) is 11.4 Å². The Morgan fingerprint density at radius 1 is 0.935 bits per heavy atom. The number of nitrogens with zero attached hydrogens (tertiary/aromatic N) is 2. The fourth-order valence-electron chi connectivity index (χ4n) is 3.60. The summed E-state index contributed by atoms with van der Waals surface area (Å²) in [6, 6.07) is 24.9. The molecule has 0 saturated carbocycles. The molecule has 6 heteroatoms. The fraction of sp³-hybridized carbons (Fsp3) is 0.0800. The molecular formula is C25H20ClN3S2. The molecule has 2 aromatic heterocycles. The predicted octanol–water partition coefficient (Wildman–Crippen LogP) is 7.12. The van der Waals surface area contributed by atoms with Crippen molar-refractivity contribution in [3.63, 3.8) is 0 Å². The van der Waals surface area contributed by atoms with E-state index >= 15 is 0 Å². The fourth-order valence-corrected chi connectivity index (χ4v) is 5.42.